The molecule has 0 fully saturated rings. The minimum absolute atomic E-state index is 0.0259. The quantitative estimate of drug-likeness (QED) is 0.612. The van der Waals surface area contributed by atoms with Crippen molar-refractivity contribution in [1.82, 2.24) is 10.6 Å². The summed E-state index contributed by atoms with van der Waals surface area (Å²) in [5.41, 5.74) is -0.0792. The van der Waals surface area contributed by atoms with E-state index in [-0.39, 0.29) is 22.6 Å². The molecule has 2 amide bonds. The Balaban J connectivity index is 3.88. The van der Waals surface area contributed by atoms with E-state index in [0.29, 0.717) is 19.5 Å². The summed E-state index contributed by atoms with van der Waals surface area (Å²) in [4.78, 5) is 22.2. The monoisotopic (exact) mass is 304 g/mol. The Labute approximate surface area is 126 Å². The first kappa shape index (κ1) is 19.1. The van der Waals surface area contributed by atoms with Gasteiger partial charge in [0.05, 0.1) is 0 Å². The topological polar surface area (TPSA) is 78.4 Å². The van der Waals surface area contributed by atoms with Gasteiger partial charge in [-0.05, 0) is 38.4 Å². The smallest absolute Gasteiger partial charge is 0.314 e. The van der Waals surface area contributed by atoms with Crippen molar-refractivity contribution in [3.63, 3.8) is 0 Å². The van der Waals surface area contributed by atoms with Crippen LogP contribution in [-0.2, 0) is 4.79 Å². The van der Waals surface area contributed by atoms with E-state index in [1.807, 2.05) is 20.1 Å². The molecule has 0 atom stereocenters. The Morgan fingerprint density at radius 3 is 2.20 bits per heavy atom. The van der Waals surface area contributed by atoms with E-state index in [1.165, 1.54) is 0 Å². The van der Waals surface area contributed by atoms with Gasteiger partial charge in [0.2, 0.25) is 0 Å². The van der Waals surface area contributed by atoms with E-state index in [9.17, 15) is 9.59 Å². The highest BCUT2D eigenvalue weighted by Gasteiger charge is 2.20. The second-order valence-electron chi connectivity index (χ2n) is 6.38. The molecule has 0 saturated carbocycles. The van der Waals surface area contributed by atoms with Crippen LogP contribution >= 0.6 is 11.8 Å². The molecule has 0 bridgehead atoms. The van der Waals surface area contributed by atoms with E-state index in [4.69, 9.17) is 5.11 Å². The average Bonchev–Trinajstić information content (AvgIpc) is 2.34. The lowest BCUT2D eigenvalue weighted by Crippen LogP contribution is -2.42. The van der Waals surface area contributed by atoms with Crippen LogP contribution in [0.3, 0.4) is 0 Å². The number of amides is 2. The molecule has 0 aromatic rings. The Morgan fingerprint density at radius 1 is 1.10 bits per heavy atom. The minimum Gasteiger partial charge on any atom is -0.481 e. The van der Waals surface area contributed by atoms with Gasteiger partial charge in [-0.2, -0.15) is 11.8 Å². The van der Waals surface area contributed by atoms with Crippen LogP contribution in [0.25, 0.3) is 0 Å². The first-order chi connectivity index (χ1) is 9.08. The summed E-state index contributed by atoms with van der Waals surface area (Å²) in [6.45, 7) is 9.36. The molecular formula is C14H28N2O3S. The highest BCUT2D eigenvalue weighted by Crippen LogP contribution is 2.26. The van der Waals surface area contributed by atoms with Gasteiger partial charge >= 0.3 is 12.0 Å². The number of carboxylic acids is 1. The zero-order chi connectivity index (χ0) is 15.8. The largest absolute Gasteiger partial charge is 0.481 e. The fraction of sp³-hybridized carbons (Fsp3) is 0.857. The molecule has 0 unspecified atom stereocenters. The number of nitrogens with one attached hydrogen (secondary N) is 2. The molecule has 5 nitrogen and oxygen atoms in total. The predicted octanol–water partition coefficient (Wildman–Crippen LogP) is 2.71. The minimum atomic E-state index is -0.775. The molecule has 0 rings (SSSR count). The van der Waals surface area contributed by atoms with Crippen LogP contribution in [0.4, 0.5) is 4.79 Å². The third-order valence-corrected chi connectivity index (χ3v) is 4.58. The van der Waals surface area contributed by atoms with Crippen molar-refractivity contribution in [3.8, 4) is 0 Å². The van der Waals surface area contributed by atoms with Gasteiger partial charge in [-0.15, -0.1) is 0 Å². The Hall–Kier alpha value is -0.910. The Kier molecular flexibility index (Phi) is 8.01. The number of aliphatic carboxylic acids is 1. The molecule has 0 aliphatic rings. The number of carbonyl (C=O) groups is 2. The Bertz CT molecular complexity index is 330. The lowest BCUT2D eigenvalue weighted by molar-refractivity contribution is -0.137. The summed E-state index contributed by atoms with van der Waals surface area (Å²) in [7, 11) is 0. The van der Waals surface area contributed by atoms with E-state index in [1.54, 1.807) is 11.8 Å². The van der Waals surface area contributed by atoms with Crippen LogP contribution in [0.15, 0.2) is 0 Å². The van der Waals surface area contributed by atoms with Crippen molar-refractivity contribution < 1.29 is 14.7 Å². The van der Waals surface area contributed by atoms with Gasteiger partial charge in [-0.25, -0.2) is 4.79 Å². The normalized spacial score (nSPS) is 12.1. The highest BCUT2D eigenvalue weighted by molar-refractivity contribution is 7.99. The molecule has 0 heterocycles. The van der Waals surface area contributed by atoms with Crippen LogP contribution in [0.5, 0.6) is 0 Å². The zero-order valence-corrected chi connectivity index (χ0v) is 14.0. The predicted molar refractivity (Wildman–Crippen MR) is 84.3 cm³/mol. The number of thioether (sulfide) groups is 1. The van der Waals surface area contributed by atoms with Crippen molar-refractivity contribution >= 4 is 23.8 Å². The van der Waals surface area contributed by atoms with Crippen LogP contribution in [0, 0.1) is 5.41 Å². The molecule has 0 aliphatic heterocycles. The summed E-state index contributed by atoms with van der Waals surface area (Å²) >= 11 is 1.71. The van der Waals surface area contributed by atoms with E-state index >= 15 is 0 Å². The van der Waals surface area contributed by atoms with Crippen molar-refractivity contribution in [2.75, 3.05) is 19.3 Å². The third kappa shape index (κ3) is 9.95. The standard InChI is InChI=1S/C14H28N2O3S/c1-13(2,7-6-11(17)18)8-9-15-12(19)16-10-14(3,4)20-5/h6-10H2,1-5H3,(H,17,18)(H2,15,16,19). The maximum absolute atomic E-state index is 11.6. The van der Waals surface area contributed by atoms with E-state index in [2.05, 4.69) is 24.5 Å². The second kappa shape index (κ2) is 8.39. The molecule has 20 heavy (non-hydrogen) atoms. The van der Waals surface area contributed by atoms with Gasteiger partial charge in [0, 0.05) is 24.3 Å². The van der Waals surface area contributed by atoms with Gasteiger partial charge < -0.3 is 15.7 Å². The fourth-order valence-corrected chi connectivity index (χ4v) is 1.73. The maximum Gasteiger partial charge on any atom is 0.314 e. The Morgan fingerprint density at radius 2 is 1.70 bits per heavy atom. The zero-order valence-electron chi connectivity index (χ0n) is 13.2. The van der Waals surface area contributed by atoms with Crippen LogP contribution in [-0.4, -0.2) is 41.2 Å². The van der Waals surface area contributed by atoms with Crippen molar-refractivity contribution in [1.29, 1.82) is 0 Å². The lowest BCUT2D eigenvalue weighted by atomic mass is 9.84. The molecule has 0 aliphatic carbocycles. The summed E-state index contributed by atoms with van der Waals surface area (Å²) < 4.78 is 0.0259. The highest BCUT2D eigenvalue weighted by atomic mass is 32.2. The summed E-state index contributed by atoms with van der Waals surface area (Å²) in [6, 6.07) is -0.166. The number of carboxylic acid groups (broad SMARTS) is 1. The first-order valence-electron chi connectivity index (χ1n) is 6.87. The van der Waals surface area contributed by atoms with Crippen molar-refractivity contribution in [2.24, 2.45) is 5.41 Å². The molecule has 0 aromatic heterocycles. The lowest BCUT2D eigenvalue weighted by Gasteiger charge is -2.25. The van der Waals surface area contributed by atoms with Gasteiger partial charge in [0.15, 0.2) is 0 Å². The van der Waals surface area contributed by atoms with Gasteiger partial charge in [-0.1, -0.05) is 13.8 Å². The van der Waals surface area contributed by atoms with Gasteiger partial charge in [-0.3, -0.25) is 4.79 Å². The maximum atomic E-state index is 11.6. The van der Waals surface area contributed by atoms with Crippen molar-refractivity contribution in [3.05, 3.63) is 0 Å². The summed E-state index contributed by atoms with van der Waals surface area (Å²) in [5, 5.41) is 14.3. The molecular weight excluding hydrogens is 276 g/mol. The van der Waals surface area contributed by atoms with E-state index in [0.717, 1.165) is 6.42 Å². The molecule has 3 N–H and O–H groups in total. The second-order valence-corrected chi connectivity index (χ2v) is 7.89. The molecule has 0 radical (unpaired) electrons. The first-order valence-corrected chi connectivity index (χ1v) is 8.09. The molecule has 0 saturated heterocycles. The number of hydrogen-bond donors (Lipinski definition) is 3. The number of rotatable bonds is 9. The molecule has 118 valence electrons. The average molecular weight is 304 g/mol. The fourth-order valence-electron chi connectivity index (χ4n) is 1.51. The van der Waals surface area contributed by atoms with Crippen molar-refractivity contribution in [2.45, 2.75) is 51.7 Å². The summed E-state index contributed by atoms with van der Waals surface area (Å²) in [5.74, 6) is -0.775. The van der Waals surface area contributed by atoms with Crippen LogP contribution in [0.1, 0.15) is 47.0 Å². The van der Waals surface area contributed by atoms with Gasteiger partial charge in [0.25, 0.3) is 0 Å². The number of hydrogen-bond acceptors (Lipinski definition) is 3. The van der Waals surface area contributed by atoms with E-state index < -0.39 is 5.97 Å². The summed E-state index contributed by atoms with van der Waals surface area (Å²) in [6.07, 6.45) is 3.57. The van der Waals surface area contributed by atoms with Crippen LogP contribution in [0.2, 0.25) is 0 Å². The molecule has 0 aromatic carbocycles. The van der Waals surface area contributed by atoms with Crippen LogP contribution < -0.4 is 10.6 Å². The number of carbonyl (C=O) groups excluding carboxylic acids is 1. The SMILES string of the molecule is CSC(C)(C)CNC(=O)NCCC(C)(C)CCC(=O)O. The molecule has 0 spiro atoms. The molecule has 6 heteroatoms. The third-order valence-electron chi connectivity index (χ3n) is 3.33. The number of urea groups is 1. The van der Waals surface area contributed by atoms with Gasteiger partial charge in [0.1, 0.15) is 0 Å².